The van der Waals surface area contributed by atoms with Crippen molar-refractivity contribution in [2.75, 3.05) is 11.9 Å². The molecule has 2 N–H and O–H groups in total. The molecule has 1 heterocycles. The van der Waals surface area contributed by atoms with Crippen molar-refractivity contribution < 1.29 is 4.39 Å². The topological polar surface area (TPSA) is 24.1 Å². The van der Waals surface area contributed by atoms with Crippen LogP contribution in [0.2, 0.25) is 5.02 Å². The van der Waals surface area contributed by atoms with Crippen LogP contribution in [0, 0.1) is 11.7 Å². The van der Waals surface area contributed by atoms with E-state index >= 15 is 0 Å². The largest absolute Gasteiger partial charge is 0.380 e. The van der Waals surface area contributed by atoms with E-state index in [0.29, 0.717) is 28.7 Å². The average molecular weight is 297 g/mol. The molecule has 110 valence electrons. The summed E-state index contributed by atoms with van der Waals surface area (Å²) in [6.45, 7) is 1.13. The van der Waals surface area contributed by atoms with Crippen LogP contribution in [0.1, 0.15) is 38.5 Å². The number of rotatable bonds is 3. The summed E-state index contributed by atoms with van der Waals surface area (Å²) in [5.74, 6) is 0.363. The van der Waals surface area contributed by atoms with Gasteiger partial charge in [0.1, 0.15) is 5.82 Å². The Balaban J connectivity index is 1.72. The number of benzene rings is 1. The molecule has 0 amide bonds. The van der Waals surface area contributed by atoms with E-state index < -0.39 is 0 Å². The molecule has 4 heteroatoms. The quantitative estimate of drug-likeness (QED) is 0.873. The third-order valence-corrected chi connectivity index (χ3v) is 4.94. The number of hydrogen-bond acceptors (Lipinski definition) is 2. The van der Waals surface area contributed by atoms with Crippen molar-refractivity contribution in [3.8, 4) is 0 Å². The molecule has 3 unspecified atom stereocenters. The molecule has 3 rings (SSSR count). The maximum atomic E-state index is 13.9. The third kappa shape index (κ3) is 3.09. The van der Waals surface area contributed by atoms with Gasteiger partial charge in [-0.05, 0) is 56.3 Å². The van der Waals surface area contributed by atoms with E-state index in [9.17, 15) is 4.39 Å². The molecular formula is C16H22ClFN2. The van der Waals surface area contributed by atoms with Gasteiger partial charge in [0.25, 0.3) is 0 Å². The van der Waals surface area contributed by atoms with Gasteiger partial charge in [0, 0.05) is 17.1 Å². The number of halogens is 2. The molecule has 1 aromatic rings. The van der Waals surface area contributed by atoms with E-state index in [1.807, 2.05) is 0 Å². The summed E-state index contributed by atoms with van der Waals surface area (Å²) >= 11 is 5.81. The average Bonchev–Trinajstić information content (AvgIpc) is 2.96. The minimum absolute atomic E-state index is 0.249. The molecule has 1 aromatic carbocycles. The van der Waals surface area contributed by atoms with Crippen molar-refractivity contribution in [2.45, 2.75) is 50.6 Å². The number of nitrogens with one attached hydrogen (secondary N) is 2. The van der Waals surface area contributed by atoms with E-state index in [-0.39, 0.29) is 5.82 Å². The molecule has 0 spiro atoms. The summed E-state index contributed by atoms with van der Waals surface area (Å²) < 4.78 is 13.9. The summed E-state index contributed by atoms with van der Waals surface area (Å²) in [5.41, 5.74) is 0.587. The lowest BCUT2D eigenvalue weighted by Crippen LogP contribution is -2.43. The zero-order chi connectivity index (χ0) is 13.9. The molecule has 1 aliphatic heterocycles. The molecule has 1 aliphatic carbocycles. The molecule has 2 aliphatic rings. The van der Waals surface area contributed by atoms with E-state index in [1.54, 1.807) is 12.1 Å². The van der Waals surface area contributed by atoms with Crippen LogP contribution in [0.15, 0.2) is 18.2 Å². The first kappa shape index (κ1) is 14.2. The van der Waals surface area contributed by atoms with Gasteiger partial charge in [-0.1, -0.05) is 24.4 Å². The Hall–Kier alpha value is -0.800. The van der Waals surface area contributed by atoms with Crippen molar-refractivity contribution in [1.82, 2.24) is 5.32 Å². The third-order valence-electron chi connectivity index (χ3n) is 4.71. The summed E-state index contributed by atoms with van der Waals surface area (Å²) in [4.78, 5) is 0. The zero-order valence-corrected chi connectivity index (χ0v) is 12.4. The Kier molecular flexibility index (Phi) is 4.47. The smallest absolute Gasteiger partial charge is 0.147 e. The van der Waals surface area contributed by atoms with E-state index in [2.05, 4.69) is 10.6 Å². The van der Waals surface area contributed by atoms with Gasteiger partial charge in [-0.15, -0.1) is 0 Å². The van der Waals surface area contributed by atoms with Crippen LogP contribution in [0.3, 0.4) is 0 Å². The van der Waals surface area contributed by atoms with Gasteiger partial charge >= 0.3 is 0 Å². The highest BCUT2D eigenvalue weighted by Gasteiger charge is 2.33. The number of anilines is 1. The van der Waals surface area contributed by atoms with Gasteiger partial charge in [0.15, 0.2) is 0 Å². The van der Waals surface area contributed by atoms with Crippen LogP contribution in [-0.2, 0) is 0 Å². The van der Waals surface area contributed by atoms with Crippen molar-refractivity contribution >= 4 is 17.3 Å². The molecule has 0 bridgehead atoms. The van der Waals surface area contributed by atoms with Crippen LogP contribution >= 0.6 is 11.6 Å². The van der Waals surface area contributed by atoms with Crippen LogP contribution in [0.4, 0.5) is 10.1 Å². The van der Waals surface area contributed by atoms with Gasteiger partial charge in [0.2, 0.25) is 0 Å². The Morgan fingerprint density at radius 2 is 2.00 bits per heavy atom. The summed E-state index contributed by atoms with van der Waals surface area (Å²) in [6, 6.07) is 5.86. The lowest BCUT2D eigenvalue weighted by Gasteiger charge is -2.36. The maximum Gasteiger partial charge on any atom is 0.147 e. The van der Waals surface area contributed by atoms with Crippen LogP contribution < -0.4 is 10.6 Å². The molecule has 1 saturated heterocycles. The fourth-order valence-electron chi connectivity index (χ4n) is 3.70. The molecule has 2 fully saturated rings. The molecule has 2 nitrogen and oxygen atoms in total. The van der Waals surface area contributed by atoms with Crippen LogP contribution in [0.25, 0.3) is 0 Å². The van der Waals surface area contributed by atoms with E-state index in [1.165, 1.54) is 38.2 Å². The highest BCUT2D eigenvalue weighted by Crippen LogP contribution is 2.33. The van der Waals surface area contributed by atoms with Gasteiger partial charge in [0.05, 0.1) is 5.69 Å². The van der Waals surface area contributed by atoms with Crippen molar-refractivity contribution in [3.05, 3.63) is 29.0 Å². The first-order valence-corrected chi connectivity index (χ1v) is 8.07. The Bertz CT molecular complexity index is 460. The second-order valence-corrected chi connectivity index (χ2v) is 6.46. The predicted molar refractivity (Wildman–Crippen MR) is 81.8 cm³/mol. The SMILES string of the molecule is Fc1cc(Cl)ccc1NC1CCCCC1C1CCCN1. The molecule has 0 radical (unpaired) electrons. The standard InChI is InChI=1S/C16H22ClFN2/c17-11-7-8-16(13(18)10-11)20-15-5-2-1-4-12(15)14-6-3-9-19-14/h7-8,10,12,14-15,19-20H,1-6,9H2. The molecule has 3 atom stereocenters. The fraction of sp³-hybridized carbons (Fsp3) is 0.625. The van der Waals surface area contributed by atoms with Crippen LogP contribution in [0.5, 0.6) is 0 Å². The summed E-state index contributed by atoms with van der Waals surface area (Å²) in [5, 5.41) is 7.49. The minimum Gasteiger partial charge on any atom is -0.380 e. The summed E-state index contributed by atoms with van der Waals surface area (Å²) in [6.07, 6.45) is 7.42. The Labute approximate surface area is 125 Å². The van der Waals surface area contributed by atoms with Crippen molar-refractivity contribution in [1.29, 1.82) is 0 Å². The lowest BCUT2D eigenvalue weighted by atomic mass is 9.79. The molecule has 20 heavy (non-hydrogen) atoms. The van der Waals surface area contributed by atoms with Gasteiger partial charge in [-0.25, -0.2) is 4.39 Å². The second-order valence-electron chi connectivity index (χ2n) is 6.03. The van der Waals surface area contributed by atoms with Gasteiger partial charge in [-0.2, -0.15) is 0 Å². The summed E-state index contributed by atoms with van der Waals surface area (Å²) in [7, 11) is 0. The lowest BCUT2D eigenvalue weighted by molar-refractivity contribution is 0.262. The second kappa shape index (κ2) is 6.31. The highest BCUT2D eigenvalue weighted by atomic mass is 35.5. The highest BCUT2D eigenvalue weighted by molar-refractivity contribution is 6.30. The first-order valence-electron chi connectivity index (χ1n) is 7.69. The monoisotopic (exact) mass is 296 g/mol. The minimum atomic E-state index is -0.249. The molecular weight excluding hydrogens is 275 g/mol. The normalized spacial score (nSPS) is 30.4. The zero-order valence-electron chi connectivity index (χ0n) is 11.7. The molecule has 1 saturated carbocycles. The first-order chi connectivity index (χ1) is 9.74. The van der Waals surface area contributed by atoms with Gasteiger partial charge < -0.3 is 10.6 Å². The van der Waals surface area contributed by atoms with Crippen molar-refractivity contribution in [2.24, 2.45) is 5.92 Å². The van der Waals surface area contributed by atoms with E-state index in [0.717, 1.165) is 13.0 Å². The fourth-order valence-corrected chi connectivity index (χ4v) is 3.86. The Morgan fingerprint density at radius 1 is 1.15 bits per heavy atom. The van der Waals surface area contributed by atoms with Crippen LogP contribution in [-0.4, -0.2) is 18.6 Å². The van der Waals surface area contributed by atoms with Gasteiger partial charge in [-0.3, -0.25) is 0 Å². The predicted octanol–water partition coefficient (Wildman–Crippen LogP) is 4.20. The number of hydrogen-bond donors (Lipinski definition) is 2. The maximum absolute atomic E-state index is 13.9. The Morgan fingerprint density at radius 3 is 2.75 bits per heavy atom. The van der Waals surface area contributed by atoms with E-state index in [4.69, 9.17) is 11.6 Å². The van der Waals surface area contributed by atoms with Crippen molar-refractivity contribution in [3.63, 3.8) is 0 Å². The molecule has 0 aromatic heterocycles.